The zero-order chi connectivity index (χ0) is 13.1. The summed E-state index contributed by atoms with van der Waals surface area (Å²) in [4.78, 5) is 12.9. The van der Waals surface area contributed by atoms with Crippen molar-refractivity contribution >= 4 is 38.9 Å². The van der Waals surface area contributed by atoms with Gasteiger partial charge in [-0.1, -0.05) is 6.07 Å². The number of aromatic hydroxyl groups is 1. The molecule has 0 bridgehead atoms. The molecule has 0 saturated heterocycles. The minimum Gasteiger partial charge on any atom is -0.505 e. The fourth-order valence-electron chi connectivity index (χ4n) is 1.45. The van der Waals surface area contributed by atoms with E-state index in [-0.39, 0.29) is 22.9 Å². The van der Waals surface area contributed by atoms with E-state index in [0.29, 0.717) is 6.54 Å². The van der Waals surface area contributed by atoms with E-state index in [1.807, 2.05) is 12.1 Å². The first-order valence-electron chi connectivity index (χ1n) is 5.18. The molecule has 2 aromatic rings. The van der Waals surface area contributed by atoms with Crippen molar-refractivity contribution in [3.05, 3.63) is 44.6 Å². The van der Waals surface area contributed by atoms with Gasteiger partial charge in [-0.15, -0.1) is 11.3 Å². The molecule has 6 heteroatoms. The first-order chi connectivity index (χ1) is 8.58. The third-order valence-corrected chi connectivity index (χ3v) is 3.99. The topological polar surface area (TPSA) is 75.4 Å². The lowest BCUT2D eigenvalue weighted by Crippen LogP contribution is -2.22. The number of phenolic OH excluding ortho intramolecular Hbond substituents is 1. The van der Waals surface area contributed by atoms with Gasteiger partial charge in [0.05, 0.1) is 21.6 Å². The number of hydrogen-bond acceptors (Lipinski definition) is 4. The Hall–Kier alpha value is -1.53. The highest BCUT2D eigenvalue weighted by molar-refractivity contribution is 9.11. The number of carbonyl (C=O) groups is 1. The summed E-state index contributed by atoms with van der Waals surface area (Å²) in [5, 5.41) is 12.4. The van der Waals surface area contributed by atoms with Crippen molar-refractivity contribution in [1.82, 2.24) is 5.32 Å². The molecular formula is C12H11BrN2O2S. The van der Waals surface area contributed by atoms with Gasteiger partial charge in [0.25, 0.3) is 5.91 Å². The van der Waals surface area contributed by atoms with Gasteiger partial charge in [-0.3, -0.25) is 4.79 Å². The number of hydrogen-bond donors (Lipinski definition) is 3. The van der Waals surface area contributed by atoms with Crippen LogP contribution in [0.1, 0.15) is 15.2 Å². The summed E-state index contributed by atoms with van der Waals surface area (Å²) in [7, 11) is 0. The minimum atomic E-state index is -0.343. The van der Waals surface area contributed by atoms with Crippen LogP contribution >= 0.6 is 27.3 Å². The second kappa shape index (κ2) is 5.41. The van der Waals surface area contributed by atoms with Gasteiger partial charge in [0.2, 0.25) is 0 Å². The Morgan fingerprint density at radius 3 is 2.83 bits per heavy atom. The van der Waals surface area contributed by atoms with Gasteiger partial charge in [0.15, 0.2) is 5.75 Å². The fraction of sp³-hybridized carbons (Fsp3) is 0.0833. The number of benzene rings is 1. The predicted octanol–water partition coefficient (Wildman–Crippen LogP) is 2.73. The van der Waals surface area contributed by atoms with E-state index >= 15 is 0 Å². The van der Waals surface area contributed by atoms with Crippen LogP contribution in [0, 0.1) is 0 Å². The summed E-state index contributed by atoms with van der Waals surface area (Å²) >= 11 is 4.90. The Balaban J connectivity index is 2.06. The highest BCUT2D eigenvalue weighted by Crippen LogP contribution is 2.25. The molecule has 1 aromatic carbocycles. The number of thiophene rings is 1. The van der Waals surface area contributed by atoms with E-state index in [9.17, 15) is 9.90 Å². The van der Waals surface area contributed by atoms with Crippen LogP contribution < -0.4 is 11.1 Å². The second-order valence-corrected chi connectivity index (χ2v) is 6.18. The summed E-state index contributed by atoms with van der Waals surface area (Å²) in [5.41, 5.74) is 5.92. The molecule has 0 radical (unpaired) electrons. The number of carbonyl (C=O) groups excluding carboxylic acids is 1. The fourth-order valence-corrected chi connectivity index (χ4v) is 2.88. The summed E-state index contributed by atoms with van der Waals surface area (Å²) < 4.78 is 1.01. The number of phenols is 1. The molecule has 0 fully saturated rings. The van der Waals surface area contributed by atoms with Crippen LogP contribution in [-0.4, -0.2) is 11.0 Å². The lowest BCUT2D eigenvalue weighted by molar-refractivity contribution is 0.0948. The molecule has 0 spiro atoms. The first kappa shape index (κ1) is 12.9. The maximum absolute atomic E-state index is 11.9. The number of halogens is 1. The summed E-state index contributed by atoms with van der Waals surface area (Å²) in [6, 6.07) is 8.55. The first-order valence-corrected chi connectivity index (χ1v) is 6.78. The normalized spacial score (nSPS) is 10.3. The summed E-state index contributed by atoms with van der Waals surface area (Å²) in [6.45, 7) is 0.420. The van der Waals surface area contributed by atoms with Crippen LogP contribution in [0.4, 0.5) is 5.69 Å². The lowest BCUT2D eigenvalue weighted by Gasteiger charge is -2.07. The molecule has 0 aliphatic carbocycles. The molecule has 4 N–H and O–H groups in total. The Bertz CT molecular complexity index is 583. The maximum Gasteiger partial charge on any atom is 0.255 e. The highest BCUT2D eigenvalue weighted by Gasteiger charge is 2.12. The Morgan fingerprint density at radius 1 is 1.39 bits per heavy atom. The van der Waals surface area contributed by atoms with Crippen molar-refractivity contribution in [1.29, 1.82) is 0 Å². The third kappa shape index (κ3) is 2.83. The molecule has 0 aliphatic heterocycles. The van der Waals surface area contributed by atoms with E-state index in [2.05, 4.69) is 21.2 Å². The molecule has 2 rings (SSSR count). The van der Waals surface area contributed by atoms with Crippen molar-refractivity contribution < 1.29 is 9.90 Å². The number of nitrogen functional groups attached to an aromatic ring is 1. The van der Waals surface area contributed by atoms with Gasteiger partial charge in [-0.2, -0.15) is 0 Å². The minimum absolute atomic E-state index is 0.178. The molecule has 18 heavy (non-hydrogen) atoms. The quantitative estimate of drug-likeness (QED) is 0.599. The van der Waals surface area contributed by atoms with Crippen LogP contribution in [0.15, 0.2) is 34.1 Å². The van der Waals surface area contributed by atoms with E-state index in [0.717, 1.165) is 8.66 Å². The Kier molecular flexibility index (Phi) is 3.88. The van der Waals surface area contributed by atoms with E-state index < -0.39 is 0 Å². The maximum atomic E-state index is 11.9. The number of rotatable bonds is 3. The van der Waals surface area contributed by atoms with Crippen LogP contribution in [-0.2, 0) is 6.54 Å². The van der Waals surface area contributed by atoms with Crippen molar-refractivity contribution in [3.8, 4) is 5.75 Å². The largest absolute Gasteiger partial charge is 0.505 e. The van der Waals surface area contributed by atoms with Crippen molar-refractivity contribution in [2.24, 2.45) is 0 Å². The number of nitrogens with two attached hydrogens (primary N) is 1. The highest BCUT2D eigenvalue weighted by atomic mass is 79.9. The number of nitrogens with one attached hydrogen (secondary N) is 1. The number of amides is 1. The SMILES string of the molecule is Nc1cccc(C(=O)NCc2ccc(Br)s2)c1O. The average Bonchev–Trinajstić information content (AvgIpc) is 2.76. The molecule has 0 atom stereocenters. The van der Waals surface area contributed by atoms with Crippen molar-refractivity contribution in [2.75, 3.05) is 5.73 Å². The van der Waals surface area contributed by atoms with Crippen molar-refractivity contribution in [2.45, 2.75) is 6.54 Å². The number of anilines is 1. The lowest BCUT2D eigenvalue weighted by atomic mass is 10.1. The zero-order valence-electron chi connectivity index (χ0n) is 9.31. The van der Waals surface area contributed by atoms with Crippen LogP contribution in [0.5, 0.6) is 5.75 Å². The van der Waals surface area contributed by atoms with Gasteiger partial charge in [0.1, 0.15) is 0 Å². The van der Waals surface area contributed by atoms with Crippen molar-refractivity contribution in [3.63, 3.8) is 0 Å². The van der Waals surface area contributed by atoms with Crippen LogP contribution in [0.25, 0.3) is 0 Å². The molecule has 0 unspecified atom stereocenters. The monoisotopic (exact) mass is 326 g/mol. The third-order valence-electron chi connectivity index (χ3n) is 2.36. The van der Waals surface area contributed by atoms with Crippen LogP contribution in [0.3, 0.4) is 0 Å². The summed E-state index contributed by atoms with van der Waals surface area (Å²) in [6.07, 6.45) is 0. The average molecular weight is 327 g/mol. The second-order valence-electron chi connectivity index (χ2n) is 3.63. The standard InChI is InChI=1S/C12H11BrN2O2S/c13-10-5-4-7(18-10)6-15-12(17)8-2-1-3-9(14)11(8)16/h1-5,16H,6,14H2,(H,15,17). The summed E-state index contributed by atoms with van der Waals surface area (Å²) in [5.74, 6) is -0.522. The van der Waals surface area contributed by atoms with Gasteiger partial charge in [-0.05, 0) is 40.2 Å². The van der Waals surface area contributed by atoms with Gasteiger partial charge in [-0.25, -0.2) is 0 Å². The Labute approximate surface area is 117 Å². The molecule has 1 aromatic heterocycles. The van der Waals surface area contributed by atoms with Crippen LogP contribution in [0.2, 0.25) is 0 Å². The van der Waals surface area contributed by atoms with Gasteiger partial charge in [0, 0.05) is 4.88 Å². The van der Waals surface area contributed by atoms with E-state index in [1.54, 1.807) is 23.5 Å². The Morgan fingerprint density at radius 2 is 2.17 bits per heavy atom. The molecule has 4 nitrogen and oxygen atoms in total. The molecule has 0 aliphatic rings. The van der Waals surface area contributed by atoms with Gasteiger partial charge >= 0.3 is 0 Å². The molecule has 0 saturated carbocycles. The van der Waals surface area contributed by atoms with E-state index in [1.165, 1.54) is 6.07 Å². The molecule has 1 amide bonds. The smallest absolute Gasteiger partial charge is 0.255 e. The zero-order valence-corrected chi connectivity index (χ0v) is 11.7. The molecule has 94 valence electrons. The molecular weight excluding hydrogens is 316 g/mol. The number of para-hydroxylation sites is 1. The predicted molar refractivity (Wildman–Crippen MR) is 75.7 cm³/mol. The molecule has 1 heterocycles. The van der Waals surface area contributed by atoms with E-state index in [4.69, 9.17) is 5.73 Å². The van der Waals surface area contributed by atoms with Gasteiger partial charge < -0.3 is 16.2 Å².